The summed E-state index contributed by atoms with van der Waals surface area (Å²) in [4.78, 5) is 42.3. The zero-order valence-electron chi connectivity index (χ0n) is 22.8. The third-order valence-corrected chi connectivity index (χ3v) is 6.78. The number of carbonyl (C=O) groups is 3. The summed E-state index contributed by atoms with van der Waals surface area (Å²) >= 11 is 0. The molecule has 1 aliphatic heterocycles. The number of primary amides is 1. The first-order valence-electron chi connectivity index (χ1n) is 13.4. The molecular weight excluding hydrogens is 508 g/mol. The Morgan fingerprint density at radius 3 is 2.05 bits per heavy atom. The fourth-order valence-corrected chi connectivity index (χ4v) is 4.40. The molecule has 0 radical (unpaired) electrons. The van der Waals surface area contributed by atoms with Gasteiger partial charge in [-0.1, -0.05) is 60.7 Å². The summed E-state index contributed by atoms with van der Waals surface area (Å²) in [5.41, 5.74) is 7.58. The molecule has 0 spiro atoms. The Labute approximate surface area is 234 Å². The summed E-state index contributed by atoms with van der Waals surface area (Å²) in [7, 11) is 2.00. The molecule has 1 saturated heterocycles. The zero-order chi connectivity index (χ0) is 28.3. The summed E-state index contributed by atoms with van der Waals surface area (Å²) in [5.74, 6) is -0.362. The molecule has 0 aromatic heterocycles. The lowest BCUT2D eigenvalue weighted by molar-refractivity contribution is -0.135. The molecule has 3 aromatic rings. The van der Waals surface area contributed by atoms with E-state index >= 15 is 0 Å². The minimum absolute atomic E-state index is 0.0198. The predicted octanol–water partition coefficient (Wildman–Crippen LogP) is 2.98. The molecular formula is C31H36N4O5. The summed E-state index contributed by atoms with van der Waals surface area (Å²) < 4.78 is 12.1. The topological polar surface area (TPSA) is 114 Å². The van der Waals surface area contributed by atoms with Gasteiger partial charge in [0.2, 0.25) is 11.8 Å². The van der Waals surface area contributed by atoms with Crippen molar-refractivity contribution in [2.75, 3.05) is 33.2 Å². The lowest BCUT2D eigenvalue weighted by Crippen LogP contribution is -2.54. The number of benzene rings is 3. The Kier molecular flexibility index (Phi) is 10.1. The number of nitrogens with zero attached hydrogens (tertiary/aromatic N) is 2. The lowest BCUT2D eigenvalue weighted by atomic mass is 10.1. The summed E-state index contributed by atoms with van der Waals surface area (Å²) in [6.45, 7) is 3.19. The molecule has 1 fully saturated rings. The number of amides is 3. The number of hydrogen-bond acceptors (Lipinski definition) is 6. The van der Waals surface area contributed by atoms with Crippen molar-refractivity contribution in [1.29, 1.82) is 0 Å². The smallest absolute Gasteiger partial charge is 0.255 e. The van der Waals surface area contributed by atoms with E-state index in [2.05, 4.69) is 10.2 Å². The molecule has 1 atom stereocenters. The molecule has 1 aliphatic rings. The maximum absolute atomic E-state index is 13.5. The van der Waals surface area contributed by atoms with E-state index in [9.17, 15) is 14.4 Å². The van der Waals surface area contributed by atoms with Crippen LogP contribution in [0.1, 0.15) is 34.3 Å². The van der Waals surface area contributed by atoms with Gasteiger partial charge in [-0.3, -0.25) is 14.4 Å². The molecule has 40 heavy (non-hydrogen) atoms. The van der Waals surface area contributed by atoms with E-state index in [1.165, 1.54) is 0 Å². The summed E-state index contributed by atoms with van der Waals surface area (Å²) in [6, 6.07) is 23.5. The van der Waals surface area contributed by atoms with Crippen LogP contribution >= 0.6 is 0 Å². The molecule has 4 rings (SSSR count). The fraction of sp³-hybridized carbons (Fsp3) is 0.323. The van der Waals surface area contributed by atoms with Crippen LogP contribution in [0.5, 0.6) is 11.5 Å². The Balaban J connectivity index is 1.53. The second kappa shape index (κ2) is 14.1. The number of rotatable bonds is 12. The van der Waals surface area contributed by atoms with E-state index < -0.39 is 17.9 Å². The third kappa shape index (κ3) is 8.31. The average molecular weight is 545 g/mol. The predicted molar refractivity (Wildman–Crippen MR) is 152 cm³/mol. The van der Waals surface area contributed by atoms with Gasteiger partial charge >= 0.3 is 0 Å². The van der Waals surface area contributed by atoms with E-state index in [-0.39, 0.29) is 30.9 Å². The second-order valence-electron chi connectivity index (χ2n) is 9.87. The maximum atomic E-state index is 13.5. The molecule has 0 aliphatic carbocycles. The van der Waals surface area contributed by atoms with Crippen LogP contribution in [0, 0.1) is 0 Å². The maximum Gasteiger partial charge on any atom is 0.255 e. The summed E-state index contributed by atoms with van der Waals surface area (Å²) in [6.07, 6.45) is 0.0960. The van der Waals surface area contributed by atoms with Crippen molar-refractivity contribution in [1.82, 2.24) is 15.1 Å². The van der Waals surface area contributed by atoms with E-state index in [1.54, 1.807) is 23.1 Å². The van der Waals surface area contributed by atoms with Crippen LogP contribution in [0.3, 0.4) is 0 Å². The van der Waals surface area contributed by atoms with Gasteiger partial charge in [0.05, 0.1) is 5.56 Å². The van der Waals surface area contributed by atoms with E-state index in [0.29, 0.717) is 31.2 Å². The standard InChI is InChI=1S/C31H36N4O5/c1-34-16-18-35(19-17-34)31(38)27(14-15-29(32)36)33-30(37)26-13-12-25(39-21-23-8-4-2-5-9-23)20-28(26)40-22-24-10-6-3-7-11-24/h2-13,20,27H,14-19,21-22H2,1H3,(H2,32,36)(H,33,37)/t27-/m0/s1. The highest BCUT2D eigenvalue weighted by Gasteiger charge is 2.29. The Morgan fingerprint density at radius 2 is 1.45 bits per heavy atom. The van der Waals surface area contributed by atoms with Crippen LogP contribution in [0.25, 0.3) is 0 Å². The SMILES string of the molecule is CN1CCN(C(=O)[C@H](CCC(N)=O)NC(=O)c2ccc(OCc3ccccc3)cc2OCc2ccccc2)CC1. The van der Waals surface area contributed by atoms with Crippen LogP contribution in [0.15, 0.2) is 78.9 Å². The number of likely N-dealkylation sites (N-methyl/N-ethyl adjacent to an activating group) is 1. The van der Waals surface area contributed by atoms with Gasteiger partial charge in [-0.05, 0) is 36.7 Å². The van der Waals surface area contributed by atoms with Crippen molar-refractivity contribution in [2.24, 2.45) is 5.73 Å². The highest BCUT2D eigenvalue weighted by molar-refractivity contribution is 6.00. The first-order chi connectivity index (χ1) is 19.4. The van der Waals surface area contributed by atoms with E-state index in [0.717, 1.165) is 24.2 Å². The number of ether oxygens (including phenoxy) is 2. The van der Waals surface area contributed by atoms with Crippen LogP contribution in [-0.4, -0.2) is 66.8 Å². The quantitative estimate of drug-likeness (QED) is 0.362. The molecule has 9 nitrogen and oxygen atoms in total. The number of hydrogen-bond donors (Lipinski definition) is 2. The molecule has 3 amide bonds. The number of piperazine rings is 1. The van der Waals surface area contributed by atoms with Gasteiger partial charge in [0.25, 0.3) is 5.91 Å². The highest BCUT2D eigenvalue weighted by Crippen LogP contribution is 2.27. The number of carbonyl (C=O) groups excluding carboxylic acids is 3. The number of nitrogens with two attached hydrogens (primary N) is 1. The molecule has 9 heteroatoms. The monoisotopic (exact) mass is 544 g/mol. The number of nitrogens with one attached hydrogen (secondary N) is 1. The zero-order valence-corrected chi connectivity index (χ0v) is 22.8. The van der Waals surface area contributed by atoms with Crippen molar-refractivity contribution in [3.63, 3.8) is 0 Å². The van der Waals surface area contributed by atoms with Crippen molar-refractivity contribution < 1.29 is 23.9 Å². The summed E-state index contributed by atoms with van der Waals surface area (Å²) in [5, 5.41) is 2.84. The van der Waals surface area contributed by atoms with Crippen molar-refractivity contribution in [2.45, 2.75) is 32.1 Å². The van der Waals surface area contributed by atoms with Crippen LogP contribution in [-0.2, 0) is 22.8 Å². The molecule has 0 unspecified atom stereocenters. The third-order valence-electron chi connectivity index (χ3n) is 6.78. The van der Waals surface area contributed by atoms with Crippen LogP contribution < -0.4 is 20.5 Å². The first-order valence-corrected chi connectivity index (χ1v) is 13.4. The fourth-order valence-electron chi connectivity index (χ4n) is 4.40. The van der Waals surface area contributed by atoms with Gasteiger partial charge in [-0.25, -0.2) is 0 Å². The first kappa shape index (κ1) is 28.6. The molecule has 3 N–H and O–H groups in total. The minimum atomic E-state index is -0.889. The Bertz CT molecular complexity index is 1280. The van der Waals surface area contributed by atoms with Gasteiger partial charge in [0.15, 0.2) is 0 Å². The van der Waals surface area contributed by atoms with Gasteiger partial charge in [-0.15, -0.1) is 0 Å². The molecule has 3 aromatic carbocycles. The minimum Gasteiger partial charge on any atom is -0.489 e. The Hall–Kier alpha value is -4.37. The van der Waals surface area contributed by atoms with Crippen molar-refractivity contribution in [3.8, 4) is 11.5 Å². The van der Waals surface area contributed by atoms with E-state index in [1.807, 2.05) is 67.7 Å². The van der Waals surface area contributed by atoms with Gasteiger partial charge in [0.1, 0.15) is 30.8 Å². The largest absolute Gasteiger partial charge is 0.489 e. The molecule has 0 bridgehead atoms. The van der Waals surface area contributed by atoms with Crippen molar-refractivity contribution in [3.05, 3.63) is 95.6 Å². The molecule has 1 heterocycles. The van der Waals surface area contributed by atoms with Crippen molar-refractivity contribution >= 4 is 17.7 Å². The van der Waals surface area contributed by atoms with Gasteiger partial charge in [-0.2, -0.15) is 0 Å². The van der Waals surface area contributed by atoms with Gasteiger partial charge < -0.3 is 30.3 Å². The lowest BCUT2D eigenvalue weighted by Gasteiger charge is -2.34. The highest BCUT2D eigenvalue weighted by atomic mass is 16.5. The van der Waals surface area contributed by atoms with E-state index in [4.69, 9.17) is 15.2 Å². The Morgan fingerprint density at radius 1 is 0.850 bits per heavy atom. The van der Waals surface area contributed by atoms with Crippen LogP contribution in [0.2, 0.25) is 0 Å². The average Bonchev–Trinajstić information content (AvgIpc) is 2.98. The second-order valence-corrected chi connectivity index (χ2v) is 9.87. The normalized spacial score (nSPS) is 14.3. The van der Waals surface area contributed by atoms with Gasteiger partial charge in [0, 0.05) is 38.7 Å². The van der Waals surface area contributed by atoms with Crippen LogP contribution in [0.4, 0.5) is 0 Å². The molecule has 210 valence electrons. The molecule has 0 saturated carbocycles.